The first kappa shape index (κ1) is 28.1. The van der Waals surface area contributed by atoms with Crippen LogP contribution in [0.5, 0.6) is 0 Å². The second-order valence-corrected chi connectivity index (χ2v) is 7.71. The van der Waals surface area contributed by atoms with Crippen molar-refractivity contribution < 1.29 is 37.5 Å². The van der Waals surface area contributed by atoms with Crippen LogP contribution in [0.15, 0.2) is 91.3 Å². The molecule has 0 fully saturated rings. The lowest BCUT2D eigenvalue weighted by Gasteiger charge is -2.11. The minimum absolute atomic E-state index is 0.259. The smallest absolute Gasteiger partial charge is 0.475 e. The van der Waals surface area contributed by atoms with Crippen molar-refractivity contribution in [3.8, 4) is 5.69 Å². The van der Waals surface area contributed by atoms with E-state index >= 15 is 0 Å². The molecule has 0 aliphatic carbocycles. The summed E-state index contributed by atoms with van der Waals surface area (Å²) >= 11 is 0. The molecule has 0 aliphatic rings. The van der Waals surface area contributed by atoms with E-state index in [1.54, 1.807) is 72.9 Å². The van der Waals surface area contributed by atoms with Crippen LogP contribution in [0.4, 0.5) is 24.5 Å². The van der Waals surface area contributed by atoms with E-state index in [2.05, 4.69) is 15.7 Å². The van der Waals surface area contributed by atoms with Gasteiger partial charge in [0.1, 0.15) is 0 Å². The maximum absolute atomic E-state index is 12.9. The molecule has 0 bridgehead atoms. The molecule has 4 aromatic rings. The molecule has 0 atom stereocenters. The Balaban J connectivity index is 0.000000532. The normalized spacial score (nSPS) is 10.5. The number of aromatic nitrogens is 2. The molecule has 0 saturated carbocycles. The number of hydrogen-bond acceptors (Lipinski definition) is 5. The molecule has 0 radical (unpaired) electrons. The first-order valence-corrected chi connectivity index (χ1v) is 11.0. The van der Waals surface area contributed by atoms with Crippen molar-refractivity contribution in [1.29, 1.82) is 0 Å². The highest BCUT2D eigenvalue weighted by molar-refractivity contribution is 6.07. The molecule has 10 nitrogen and oxygen atoms in total. The quantitative estimate of drug-likeness (QED) is 0.289. The molecule has 3 amide bonds. The van der Waals surface area contributed by atoms with Crippen LogP contribution in [0.25, 0.3) is 5.69 Å². The Morgan fingerprint density at radius 3 is 2.03 bits per heavy atom. The maximum Gasteiger partial charge on any atom is 0.490 e. The number of nitrogens with two attached hydrogens (primary N) is 1. The first-order valence-electron chi connectivity index (χ1n) is 11.0. The van der Waals surface area contributed by atoms with Crippen LogP contribution >= 0.6 is 0 Å². The highest BCUT2D eigenvalue weighted by Gasteiger charge is 2.38. The molecule has 200 valence electrons. The van der Waals surface area contributed by atoms with Gasteiger partial charge in [-0.15, -0.1) is 0 Å². The third-order valence-corrected chi connectivity index (χ3v) is 4.92. The van der Waals surface area contributed by atoms with Crippen molar-refractivity contribution in [2.45, 2.75) is 6.18 Å². The summed E-state index contributed by atoms with van der Waals surface area (Å²) in [4.78, 5) is 45.6. The second kappa shape index (κ2) is 12.2. The summed E-state index contributed by atoms with van der Waals surface area (Å²) in [5, 5.41) is 17.0. The molecule has 0 unspecified atom stereocenters. The fourth-order valence-electron chi connectivity index (χ4n) is 3.13. The second-order valence-electron chi connectivity index (χ2n) is 7.71. The van der Waals surface area contributed by atoms with Gasteiger partial charge >= 0.3 is 12.1 Å². The third-order valence-electron chi connectivity index (χ3n) is 4.92. The monoisotopic (exact) mass is 539 g/mol. The molecule has 13 heteroatoms. The molecule has 3 aromatic carbocycles. The summed E-state index contributed by atoms with van der Waals surface area (Å²) in [6, 6.07) is 22.1. The van der Waals surface area contributed by atoms with Gasteiger partial charge < -0.3 is 21.5 Å². The van der Waals surface area contributed by atoms with Gasteiger partial charge in [-0.05, 0) is 42.5 Å². The van der Waals surface area contributed by atoms with E-state index in [-0.39, 0.29) is 11.8 Å². The minimum atomic E-state index is -5.08. The number of carboxylic acid groups (broad SMARTS) is 1. The fourth-order valence-corrected chi connectivity index (χ4v) is 3.13. The highest BCUT2D eigenvalue weighted by Crippen LogP contribution is 2.19. The van der Waals surface area contributed by atoms with Gasteiger partial charge in [0.05, 0.1) is 29.3 Å². The summed E-state index contributed by atoms with van der Waals surface area (Å²) in [6.07, 6.45) is -1.95. The minimum Gasteiger partial charge on any atom is -0.475 e. The summed E-state index contributed by atoms with van der Waals surface area (Å²) in [6.45, 7) is 0. The fraction of sp³-hybridized carbons (Fsp3) is 0.0385. The van der Waals surface area contributed by atoms with Gasteiger partial charge in [-0.25, -0.2) is 9.48 Å². The summed E-state index contributed by atoms with van der Waals surface area (Å²) < 4.78 is 33.2. The highest BCUT2D eigenvalue weighted by atomic mass is 19.4. The Morgan fingerprint density at radius 2 is 1.38 bits per heavy atom. The molecule has 0 spiro atoms. The van der Waals surface area contributed by atoms with E-state index in [4.69, 9.17) is 15.6 Å². The summed E-state index contributed by atoms with van der Waals surface area (Å²) in [7, 11) is 0. The zero-order valence-electron chi connectivity index (χ0n) is 19.8. The average Bonchev–Trinajstić information content (AvgIpc) is 3.37. The van der Waals surface area contributed by atoms with Crippen molar-refractivity contribution in [2.75, 3.05) is 10.6 Å². The zero-order valence-corrected chi connectivity index (χ0v) is 19.8. The third kappa shape index (κ3) is 7.76. The lowest BCUT2D eigenvalue weighted by atomic mass is 10.1. The van der Waals surface area contributed by atoms with Crippen molar-refractivity contribution >= 4 is 35.1 Å². The number of carboxylic acids is 1. The van der Waals surface area contributed by atoms with Gasteiger partial charge in [-0.2, -0.15) is 18.3 Å². The van der Waals surface area contributed by atoms with E-state index in [9.17, 15) is 27.6 Å². The Hall–Kier alpha value is -5.46. The molecule has 1 heterocycles. The van der Waals surface area contributed by atoms with Crippen molar-refractivity contribution in [3.05, 3.63) is 108 Å². The first-order chi connectivity index (χ1) is 18.5. The van der Waals surface area contributed by atoms with Crippen molar-refractivity contribution in [2.24, 2.45) is 5.73 Å². The zero-order chi connectivity index (χ0) is 28.6. The number of carbonyl (C=O) groups is 4. The number of hydrogen-bond donors (Lipinski definition) is 4. The molecule has 0 saturated heterocycles. The number of para-hydroxylation sites is 1. The van der Waals surface area contributed by atoms with Gasteiger partial charge in [-0.3, -0.25) is 14.4 Å². The van der Waals surface area contributed by atoms with Crippen LogP contribution in [0.3, 0.4) is 0 Å². The number of alkyl halides is 3. The summed E-state index contributed by atoms with van der Waals surface area (Å²) in [5.41, 5.74) is 7.94. The van der Waals surface area contributed by atoms with Gasteiger partial charge in [0.25, 0.3) is 11.8 Å². The Kier molecular flexibility index (Phi) is 8.79. The van der Waals surface area contributed by atoms with Crippen LogP contribution in [-0.2, 0) is 4.79 Å². The molecular weight excluding hydrogens is 519 g/mol. The van der Waals surface area contributed by atoms with Gasteiger partial charge in [0, 0.05) is 16.8 Å². The van der Waals surface area contributed by atoms with Gasteiger partial charge in [0.2, 0.25) is 5.91 Å². The topological polar surface area (TPSA) is 156 Å². The Labute approximate surface area is 218 Å². The average molecular weight is 539 g/mol. The number of rotatable bonds is 6. The Bertz CT molecular complexity index is 1500. The van der Waals surface area contributed by atoms with Crippen LogP contribution in [-0.4, -0.2) is 44.8 Å². The number of nitrogens with one attached hydrogen (secondary N) is 2. The molecule has 0 aliphatic heterocycles. The molecular formula is C26H20F3N5O5. The lowest BCUT2D eigenvalue weighted by molar-refractivity contribution is -0.192. The van der Waals surface area contributed by atoms with E-state index < -0.39 is 18.1 Å². The summed E-state index contributed by atoms with van der Waals surface area (Å²) in [5.74, 6) is -3.98. The number of nitrogens with zero attached hydrogens (tertiary/aromatic N) is 2. The molecule has 5 N–H and O–H groups in total. The molecule has 1 aromatic heterocycles. The van der Waals surface area contributed by atoms with Crippen LogP contribution in [0.1, 0.15) is 31.1 Å². The predicted molar refractivity (Wildman–Crippen MR) is 135 cm³/mol. The van der Waals surface area contributed by atoms with Gasteiger partial charge in [0.15, 0.2) is 0 Å². The number of halogens is 3. The standard InChI is InChI=1S/C24H19N5O3.C2HF3O2/c25-22(30)17-9-6-10-18(13-17)27-24(32)20-11-4-5-12-21(20)29-15-19(14-26-29)28-23(31)16-7-2-1-3-8-16;3-2(4,5)1(6)7/h1-15H,(H2,25,30)(H,27,32)(H,28,31);(H,6,7). The van der Waals surface area contributed by atoms with Crippen LogP contribution in [0, 0.1) is 0 Å². The molecule has 39 heavy (non-hydrogen) atoms. The number of aliphatic carboxylic acids is 1. The lowest BCUT2D eigenvalue weighted by Crippen LogP contribution is -2.21. The molecule has 4 rings (SSSR count). The maximum atomic E-state index is 12.9. The Morgan fingerprint density at radius 1 is 0.795 bits per heavy atom. The number of carbonyl (C=O) groups excluding carboxylic acids is 3. The number of benzene rings is 3. The number of amides is 3. The van der Waals surface area contributed by atoms with E-state index in [0.717, 1.165) is 0 Å². The van der Waals surface area contributed by atoms with Gasteiger partial charge in [-0.1, -0.05) is 36.4 Å². The van der Waals surface area contributed by atoms with E-state index in [1.165, 1.54) is 16.9 Å². The number of anilines is 2. The SMILES string of the molecule is NC(=O)c1cccc(NC(=O)c2ccccc2-n2cc(NC(=O)c3ccccc3)cn2)c1.O=C(O)C(F)(F)F. The largest absolute Gasteiger partial charge is 0.490 e. The van der Waals surface area contributed by atoms with Crippen LogP contribution < -0.4 is 16.4 Å². The van der Waals surface area contributed by atoms with E-state index in [1.807, 2.05) is 6.07 Å². The van der Waals surface area contributed by atoms with Crippen molar-refractivity contribution in [3.63, 3.8) is 0 Å². The predicted octanol–water partition coefficient (Wildman–Crippen LogP) is 4.11. The van der Waals surface area contributed by atoms with E-state index in [0.29, 0.717) is 33.8 Å². The number of primary amides is 1. The van der Waals surface area contributed by atoms with Crippen molar-refractivity contribution in [1.82, 2.24) is 9.78 Å². The van der Waals surface area contributed by atoms with Crippen LogP contribution in [0.2, 0.25) is 0 Å².